The zero-order valence-electron chi connectivity index (χ0n) is 30.7. The zero-order chi connectivity index (χ0) is 38.4. The summed E-state index contributed by atoms with van der Waals surface area (Å²) in [6, 6.07) is 32.2. The maximum Gasteiger partial charge on any atom is 0.421 e. The van der Waals surface area contributed by atoms with Crippen LogP contribution < -0.4 is 15.5 Å². The summed E-state index contributed by atoms with van der Waals surface area (Å²) in [6.07, 6.45) is -1.34. The third-order valence-electron chi connectivity index (χ3n) is 9.04. The number of anilines is 1. The molecule has 0 aliphatic rings. The summed E-state index contributed by atoms with van der Waals surface area (Å²) in [6.45, 7) is 4.74. The van der Waals surface area contributed by atoms with Crippen molar-refractivity contribution in [2.24, 2.45) is 0 Å². The van der Waals surface area contributed by atoms with Crippen LogP contribution in [0.5, 0.6) is 0 Å². The average Bonchev–Trinajstić information content (AvgIpc) is 3.75. The van der Waals surface area contributed by atoms with Gasteiger partial charge in [-0.1, -0.05) is 66.7 Å². The number of nitrogens with zero attached hydrogens (tertiary/aromatic N) is 2. The van der Waals surface area contributed by atoms with E-state index in [4.69, 9.17) is 18.6 Å². The minimum atomic E-state index is -1.56. The number of carbonyl (C=O) groups excluding carboxylic acids is 4. The fraction of sp³-hybridized carbons (Fsp3) is 0.238. The van der Waals surface area contributed by atoms with Crippen molar-refractivity contribution in [1.29, 1.82) is 0 Å². The van der Waals surface area contributed by atoms with Crippen molar-refractivity contribution in [2.75, 3.05) is 19.0 Å². The Balaban J connectivity index is 1.21. The van der Waals surface area contributed by atoms with Gasteiger partial charge in [0, 0.05) is 50.1 Å². The predicted octanol–water partition coefficient (Wildman–Crippen LogP) is 7.75. The summed E-state index contributed by atoms with van der Waals surface area (Å²) in [5.74, 6) is -0.680. The third kappa shape index (κ3) is 8.55. The van der Waals surface area contributed by atoms with E-state index in [1.807, 2.05) is 80.5 Å². The van der Waals surface area contributed by atoms with Crippen LogP contribution in [0.1, 0.15) is 54.1 Å². The van der Waals surface area contributed by atoms with Gasteiger partial charge in [0.15, 0.2) is 6.61 Å². The summed E-state index contributed by atoms with van der Waals surface area (Å²) < 4.78 is 23.6. The van der Waals surface area contributed by atoms with Gasteiger partial charge < -0.3 is 34.2 Å². The number of carbonyl (C=O) groups is 4. The minimum absolute atomic E-state index is 0.0334. The molecule has 2 heterocycles. The van der Waals surface area contributed by atoms with E-state index in [2.05, 4.69) is 10.6 Å². The molecule has 2 amide bonds. The number of ether oxygens (including phenoxy) is 3. The van der Waals surface area contributed by atoms with Crippen LogP contribution in [0.3, 0.4) is 0 Å². The van der Waals surface area contributed by atoms with E-state index in [1.54, 1.807) is 67.7 Å². The Labute approximate surface area is 312 Å². The molecule has 0 aliphatic heterocycles. The largest absolute Gasteiger partial charge is 0.457 e. The van der Waals surface area contributed by atoms with Gasteiger partial charge in [-0.3, -0.25) is 9.36 Å². The van der Waals surface area contributed by atoms with Crippen molar-refractivity contribution < 1.29 is 37.8 Å². The first-order valence-corrected chi connectivity index (χ1v) is 17.5. The standard InChI is InChI=1S/C42H42N4O8/c1-27(29-13-7-6-8-14-29)43-39(48)42(3,44-40(49)51-26-34-23-31-15-9-12-18-37(31)54-34)24-32-25-46(36-17-11-10-16-35(32)36)41(50)53-28(2)52-38(47)30-19-21-33(22-20-30)45(4)5/h6-23,25,27-28H,24,26H2,1-5H3,(H,43,48)(H,44,49). The number of nitrogens with one attached hydrogen (secondary N) is 2. The van der Waals surface area contributed by atoms with Crippen molar-refractivity contribution in [3.05, 3.63) is 138 Å². The highest BCUT2D eigenvalue weighted by atomic mass is 16.7. The van der Waals surface area contributed by atoms with Crippen LogP contribution in [0, 0.1) is 0 Å². The second-order valence-corrected chi connectivity index (χ2v) is 13.4. The van der Waals surface area contributed by atoms with E-state index in [-0.39, 0.29) is 13.0 Å². The van der Waals surface area contributed by atoms with Gasteiger partial charge in [-0.25, -0.2) is 14.4 Å². The lowest BCUT2D eigenvalue weighted by Crippen LogP contribution is -2.58. The number of aromatic nitrogens is 1. The molecule has 2 aromatic heterocycles. The number of benzene rings is 4. The van der Waals surface area contributed by atoms with Gasteiger partial charge in [0.2, 0.25) is 12.2 Å². The van der Waals surface area contributed by atoms with Crippen LogP contribution >= 0.6 is 0 Å². The van der Waals surface area contributed by atoms with E-state index >= 15 is 0 Å². The Morgan fingerprint density at radius 3 is 2.26 bits per heavy atom. The summed E-state index contributed by atoms with van der Waals surface area (Å²) in [5.41, 5.74) is 2.25. The van der Waals surface area contributed by atoms with Crippen molar-refractivity contribution in [2.45, 2.75) is 51.7 Å². The van der Waals surface area contributed by atoms with Crippen LogP contribution in [-0.4, -0.2) is 54.6 Å². The number of fused-ring (bicyclic) bond motifs is 2. The molecular weight excluding hydrogens is 688 g/mol. The van der Waals surface area contributed by atoms with E-state index in [1.165, 1.54) is 11.5 Å². The molecule has 3 atom stereocenters. The van der Waals surface area contributed by atoms with E-state index in [0.717, 1.165) is 16.6 Å². The molecule has 0 saturated heterocycles. The van der Waals surface area contributed by atoms with Crippen LogP contribution in [0.4, 0.5) is 15.3 Å². The van der Waals surface area contributed by atoms with Gasteiger partial charge in [-0.05, 0) is 67.4 Å². The van der Waals surface area contributed by atoms with Gasteiger partial charge in [0.25, 0.3) is 0 Å². The zero-order valence-corrected chi connectivity index (χ0v) is 30.7. The third-order valence-corrected chi connectivity index (χ3v) is 9.04. The predicted molar refractivity (Wildman–Crippen MR) is 204 cm³/mol. The molecule has 0 spiro atoms. The number of hydrogen-bond donors (Lipinski definition) is 2. The maximum atomic E-state index is 14.1. The SMILES string of the molecule is CC(OC(=O)c1ccc(N(C)C)cc1)OC(=O)n1cc(CC(C)(NC(=O)OCc2cc3ccccc3o2)C(=O)NC(C)c2ccccc2)c2ccccc21. The Morgan fingerprint density at radius 2 is 1.54 bits per heavy atom. The number of para-hydroxylation sites is 2. The fourth-order valence-electron chi connectivity index (χ4n) is 6.13. The molecule has 0 radical (unpaired) electrons. The smallest absolute Gasteiger partial charge is 0.421 e. The lowest BCUT2D eigenvalue weighted by Gasteiger charge is -2.30. The molecule has 12 heteroatoms. The lowest BCUT2D eigenvalue weighted by atomic mass is 9.91. The minimum Gasteiger partial charge on any atom is -0.457 e. The van der Waals surface area contributed by atoms with Crippen LogP contribution in [-0.2, 0) is 32.0 Å². The van der Waals surface area contributed by atoms with E-state index < -0.39 is 41.9 Å². The van der Waals surface area contributed by atoms with Crippen LogP contribution in [0.2, 0.25) is 0 Å². The van der Waals surface area contributed by atoms with Crippen LogP contribution in [0.25, 0.3) is 21.9 Å². The molecule has 6 rings (SSSR count). The monoisotopic (exact) mass is 730 g/mol. The first-order chi connectivity index (χ1) is 25.9. The van der Waals surface area contributed by atoms with Gasteiger partial charge in [0.05, 0.1) is 17.1 Å². The Morgan fingerprint density at radius 1 is 0.852 bits per heavy atom. The molecule has 3 unspecified atom stereocenters. The topological polar surface area (TPSA) is 141 Å². The summed E-state index contributed by atoms with van der Waals surface area (Å²) >= 11 is 0. The Bertz CT molecular complexity index is 2250. The fourth-order valence-corrected chi connectivity index (χ4v) is 6.13. The van der Waals surface area contributed by atoms with Gasteiger partial charge in [-0.2, -0.15) is 0 Å². The second kappa shape index (κ2) is 16.0. The molecule has 4 aromatic carbocycles. The first-order valence-electron chi connectivity index (χ1n) is 17.5. The van der Waals surface area contributed by atoms with Crippen LogP contribution in [0.15, 0.2) is 120 Å². The Kier molecular flexibility index (Phi) is 11.0. The highest BCUT2D eigenvalue weighted by Crippen LogP contribution is 2.27. The quantitative estimate of drug-likeness (QED) is 0.0955. The van der Waals surface area contributed by atoms with Gasteiger partial charge in [0.1, 0.15) is 16.9 Å². The molecule has 0 bridgehead atoms. The molecule has 278 valence electrons. The molecule has 54 heavy (non-hydrogen) atoms. The average molecular weight is 731 g/mol. The van der Waals surface area contributed by atoms with Gasteiger partial charge in [-0.15, -0.1) is 0 Å². The molecule has 0 saturated carbocycles. The summed E-state index contributed by atoms with van der Waals surface area (Å²) in [7, 11) is 3.78. The number of rotatable bonds is 12. The summed E-state index contributed by atoms with van der Waals surface area (Å²) in [4.78, 5) is 55.7. The number of furan rings is 1. The number of hydrogen-bond acceptors (Lipinski definition) is 9. The maximum absolute atomic E-state index is 14.1. The Hall–Kier alpha value is -6.56. The number of amides is 2. The van der Waals surface area contributed by atoms with Gasteiger partial charge >= 0.3 is 18.2 Å². The highest BCUT2D eigenvalue weighted by Gasteiger charge is 2.38. The van der Waals surface area contributed by atoms with E-state index in [9.17, 15) is 19.2 Å². The highest BCUT2D eigenvalue weighted by molar-refractivity contribution is 5.95. The number of esters is 1. The summed E-state index contributed by atoms with van der Waals surface area (Å²) in [5, 5.41) is 7.32. The molecule has 6 aromatic rings. The van der Waals surface area contributed by atoms with E-state index in [0.29, 0.717) is 33.4 Å². The number of alkyl carbamates (subject to hydrolysis) is 1. The molecule has 0 aliphatic carbocycles. The molecular formula is C42H42N4O8. The lowest BCUT2D eigenvalue weighted by molar-refractivity contribution is -0.127. The second-order valence-electron chi connectivity index (χ2n) is 13.4. The normalized spacial score (nSPS) is 13.4. The van der Waals surface area contributed by atoms with Crippen molar-refractivity contribution in [3.63, 3.8) is 0 Å². The molecule has 12 nitrogen and oxygen atoms in total. The van der Waals surface area contributed by atoms with Crippen molar-refractivity contribution in [1.82, 2.24) is 15.2 Å². The molecule has 0 fully saturated rings. The van der Waals surface area contributed by atoms with Crippen molar-refractivity contribution >= 4 is 51.6 Å². The molecule has 2 N–H and O–H groups in total. The van der Waals surface area contributed by atoms with Crippen molar-refractivity contribution in [3.8, 4) is 0 Å². The first kappa shape index (κ1) is 37.2.